The zero-order valence-corrected chi connectivity index (χ0v) is 14.2. The molecule has 122 valence electrons. The number of nitrogens with zero attached hydrogens (tertiary/aromatic N) is 1. The standard InChI is InChI=1S/C18H22N2O2S/c1-3-8-19-17(23)20-9-6-18(7-10-20)12-15(21)14-11-13(2)4-5-16(14)22-18/h3-5,11H,1,6-10,12H2,2H3,(H,19,23). The predicted octanol–water partition coefficient (Wildman–Crippen LogP) is 2.86. The van der Waals surface area contributed by atoms with E-state index in [2.05, 4.69) is 16.8 Å². The average molecular weight is 330 g/mol. The van der Waals surface area contributed by atoms with Gasteiger partial charge in [-0.25, -0.2) is 0 Å². The number of carbonyl (C=O) groups excluding carboxylic acids is 1. The lowest BCUT2D eigenvalue weighted by Crippen LogP contribution is -2.54. The van der Waals surface area contributed by atoms with Crippen LogP contribution in [0.5, 0.6) is 5.75 Å². The highest BCUT2D eigenvalue weighted by Crippen LogP contribution is 2.39. The number of thiocarbonyl (C=S) groups is 1. The first-order valence-electron chi connectivity index (χ1n) is 7.99. The molecule has 0 radical (unpaired) electrons. The minimum Gasteiger partial charge on any atom is -0.486 e. The smallest absolute Gasteiger partial charge is 0.170 e. The minimum absolute atomic E-state index is 0.191. The molecule has 0 aromatic heterocycles. The maximum absolute atomic E-state index is 12.5. The van der Waals surface area contributed by atoms with Crippen LogP contribution in [0.25, 0.3) is 0 Å². The number of hydrogen-bond donors (Lipinski definition) is 1. The summed E-state index contributed by atoms with van der Waals surface area (Å²) in [4.78, 5) is 14.7. The summed E-state index contributed by atoms with van der Waals surface area (Å²) in [7, 11) is 0. The Morgan fingerprint density at radius 1 is 1.48 bits per heavy atom. The normalized spacial score (nSPS) is 19.0. The number of carbonyl (C=O) groups is 1. The third-order valence-corrected chi connectivity index (χ3v) is 5.01. The molecule has 4 nitrogen and oxygen atoms in total. The van der Waals surface area contributed by atoms with E-state index in [1.54, 1.807) is 6.08 Å². The molecule has 2 heterocycles. The third kappa shape index (κ3) is 3.24. The fourth-order valence-corrected chi connectivity index (χ4v) is 3.54. The van der Waals surface area contributed by atoms with Crippen molar-refractivity contribution >= 4 is 23.1 Å². The van der Waals surface area contributed by atoms with Crippen LogP contribution in [-0.2, 0) is 0 Å². The molecule has 1 fully saturated rings. The van der Waals surface area contributed by atoms with Crippen LogP contribution in [0.1, 0.15) is 35.2 Å². The van der Waals surface area contributed by atoms with Crippen molar-refractivity contribution in [2.75, 3.05) is 19.6 Å². The van der Waals surface area contributed by atoms with E-state index in [1.807, 2.05) is 25.1 Å². The summed E-state index contributed by atoms with van der Waals surface area (Å²) >= 11 is 5.39. The maximum Gasteiger partial charge on any atom is 0.170 e. The van der Waals surface area contributed by atoms with Gasteiger partial charge >= 0.3 is 0 Å². The van der Waals surface area contributed by atoms with E-state index in [9.17, 15) is 4.79 Å². The number of ether oxygens (including phenoxy) is 1. The second-order valence-electron chi connectivity index (χ2n) is 6.35. The Morgan fingerprint density at radius 3 is 2.91 bits per heavy atom. The van der Waals surface area contributed by atoms with Crippen LogP contribution in [0.15, 0.2) is 30.9 Å². The average Bonchev–Trinajstić information content (AvgIpc) is 2.54. The number of piperidine rings is 1. The van der Waals surface area contributed by atoms with Crippen LogP contribution >= 0.6 is 12.2 Å². The van der Waals surface area contributed by atoms with Crippen molar-refractivity contribution in [2.24, 2.45) is 0 Å². The molecule has 3 rings (SSSR count). The molecule has 0 atom stereocenters. The largest absolute Gasteiger partial charge is 0.486 e. The minimum atomic E-state index is -0.371. The number of fused-ring (bicyclic) bond motifs is 1. The first-order valence-corrected chi connectivity index (χ1v) is 8.40. The van der Waals surface area contributed by atoms with Gasteiger partial charge in [-0.15, -0.1) is 6.58 Å². The van der Waals surface area contributed by atoms with Gasteiger partial charge in [0.05, 0.1) is 12.0 Å². The van der Waals surface area contributed by atoms with Gasteiger partial charge in [0.15, 0.2) is 10.9 Å². The van der Waals surface area contributed by atoms with Gasteiger partial charge in [0.25, 0.3) is 0 Å². The topological polar surface area (TPSA) is 41.6 Å². The summed E-state index contributed by atoms with van der Waals surface area (Å²) < 4.78 is 6.27. The quantitative estimate of drug-likeness (QED) is 0.667. The number of ketones is 1. The molecule has 1 aromatic carbocycles. The molecule has 23 heavy (non-hydrogen) atoms. The monoisotopic (exact) mass is 330 g/mol. The molecule has 1 saturated heterocycles. The molecule has 1 spiro atoms. The fourth-order valence-electron chi connectivity index (χ4n) is 3.28. The second-order valence-corrected chi connectivity index (χ2v) is 6.73. The highest BCUT2D eigenvalue weighted by molar-refractivity contribution is 7.80. The van der Waals surface area contributed by atoms with Crippen molar-refractivity contribution < 1.29 is 9.53 Å². The van der Waals surface area contributed by atoms with Crippen molar-refractivity contribution in [1.82, 2.24) is 10.2 Å². The van der Waals surface area contributed by atoms with E-state index in [0.717, 1.165) is 47.9 Å². The van der Waals surface area contributed by atoms with Crippen molar-refractivity contribution in [3.05, 3.63) is 42.0 Å². The number of rotatable bonds is 2. The van der Waals surface area contributed by atoms with Crippen LogP contribution in [0.3, 0.4) is 0 Å². The molecule has 1 N–H and O–H groups in total. The van der Waals surface area contributed by atoms with Crippen LogP contribution < -0.4 is 10.1 Å². The molecule has 0 aliphatic carbocycles. The van der Waals surface area contributed by atoms with E-state index in [0.29, 0.717) is 13.0 Å². The molecule has 5 heteroatoms. The Morgan fingerprint density at radius 2 is 2.22 bits per heavy atom. The Hall–Kier alpha value is -1.88. The number of likely N-dealkylation sites (tertiary alicyclic amines) is 1. The predicted molar refractivity (Wildman–Crippen MR) is 95.1 cm³/mol. The molecule has 0 unspecified atom stereocenters. The van der Waals surface area contributed by atoms with Crippen molar-refractivity contribution in [1.29, 1.82) is 0 Å². The van der Waals surface area contributed by atoms with Gasteiger partial charge in [-0.1, -0.05) is 17.7 Å². The first kappa shape index (κ1) is 16.0. The van der Waals surface area contributed by atoms with Gasteiger partial charge in [-0.3, -0.25) is 4.79 Å². The second kappa shape index (κ2) is 6.32. The van der Waals surface area contributed by atoms with Crippen LogP contribution in [0.2, 0.25) is 0 Å². The van der Waals surface area contributed by atoms with Gasteiger partial charge in [-0.2, -0.15) is 0 Å². The highest BCUT2D eigenvalue weighted by atomic mass is 32.1. The molecule has 0 saturated carbocycles. The summed E-state index contributed by atoms with van der Waals surface area (Å²) in [5.74, 6) is 0.920. The van der Waals surface area contributed by atoms with Gasteiger partial charge < -0.3 is 15.0 Å². The lowest BCUT2D eigenvalue weighted by atomic mass is 9.82. The Labute approximate surface area is 142 Å². The zero-order valence-electron chi connectivity index (χ0n) is 13.4. The van der Waals surface area contributed by atoms with Gasteiger partial charge in [-0.05, 0) is 31.3 Å². The van der Waals surface area contributed by atoms with Crippen molar-refractivity contribution in [2.45, 2.75) is 31.8 Å². The maximum atomic E-state index is 12.5. The van der Waals surface area contributed by atoms with Crippen LogP contribution in [0, 0.1) is 6.92 Å². The van der Waals surface area contributed by atoms with Crippen molar-refractivity contribution in [3.63, 3.8) is 0 Å². The molecular weight excluding hydrogens is 308 g/mol. The van der Waals surface area contributed by atoms with E-state index >= 15 is 0 Å². The van der Waals surface area contributed by atoms with E-state index in [4.69, 9.17) is 17.0 Å². The SMILES string of the molecule is C=CCNC(=S)N1CCC2(CC1)CC(=O)c1cc(C)ccc1O2. The molecule has 0 bridgehead atoms. The lowest BCUT2D eigenvalue weighted by molar-refractivity contribution is 0.00361. The summed E-state index contributed by atoms with van der Waals surface area (Å²) in [6, 6.07) is 5.84. The van der Waals surface area contributed by atoms with Crippen LogP contribution in [0.4, 0.5) is 0 Å². The zero-order chi connectivity index (χ0) is 16.4. The summed E-state index contributed by atoms with van der Waals surface area (Å²) in [6.07, 6.45) is 3.87. The summed E-state index contributed by atoms with van der Waals surface area (Å²) in [5.41, 5.74) is 1.44. The number of Topliss-reactive ketones (excluding diaryl/α,β-unsaturated/α-hetero) is 1. The van der Waals surface area contributed by atoms with E-state index in [1.165, 1.54) is 0 Å². The third-order valence-electron chi connectivity index (χ3n) is 4.60. The Balaban J connectivity index is 1.69. The summed E-state index contributed by atoms with van der Waals surface area (Å²) in [6.45, 7) is 7.95. The molecule has 1 aromatic rings. The number of nitrogens with one attached hydrogen (secondary N) is 1. The van der Waals surface area contributed by atoms with Gasteiger partial charge in [0, 0.05) is 32.5 Å². The Kier molecular flexibility index (Phi) is 4.39. The number of benzene rings is 1. The molecular formula is C18H22N2O2S. The lowest BCUT2D eigenvalue weighted by Gasteiger charge is -2.44. The molecule has 0 amide bonds. The fraction of sp³-hybridized carbons (Fsp3) is 0.444. The van der Waals surface area contributed by atoms with Crippen molar-refractivity contribution in [3.8, 4) is 5.75 Å². The molecule has 2 aliphatic heterocycles. The number of hydrogen-bond acceptors (Lipinski definition) is 3. The first-order chi connectivity index (χ1) is 11.0. The van der Waals surface area contributed by atoms with E-state index in [-0.39, 0.29) is 11.4 Å². The van der Waals surface area contributed by atoms with E-state index < -0.39 is 0 Å². The number of aryl methyl sites for hydroxylation is 1. The summed E-state index contributed by atoms with van der Waals surface area (Å²) in [5, 5.41) is 3.90. The molecule has 2 aliphatic rings. The van der Waals surface area contributed by atoms with Crippen LogP contribution in [-0.4, -0.2) is 41.0 Å². The highest BCUT2D eigenvalue weighted by Gasteiger charge is 2.43. The van der Waals surface area contributed by atoms with Gasteiger partial charge in [0.1, 0.15) is 11.4 Å². The Bertz CT molecular complexity index is 648. The van der Waals surface area contributed by atoms with Gasteiger partial charge in [0.2, 0.25) is 0 Å².